The van der Waals surface area contributed by atoms with Gasteiger partial charge in [-0.1, -0.05) is 11.8 Å². The number of furan rings is 1. The molecule has 0 aliphatic rings. The van der Waals surface area contributed by atoms with Crippen molar-refractivity contribution >= 4 is 23.9 Å². The summed E-state index contributed by atoms with van der Waals surface area (Å²) in [6, 6.07) is 12.6. The maximum atomic E-state index is 11.5. The third kappa shape index (κ3) is 6.04. The number of carbonyl (C=O) groups excluding carboxylic acids is 1. The van der Waals surface area contributed by atoms with Gasteiger partial charge in [0.2, 0.25) is 5.16 Å². The summed E-state index contributed by atoms with van der Waals surface area (Å²) < 4.78 is 24.7. The zero-order chi connectivity index (χ0) is 23.8. The van der Waals surface area contributed by atoms with E-state index in [4.69, 9.17) is 13.9 Å². The van der Waals surface area contributed by atoms with Crippen LogP contribution in [0.2, 0.25) is 0 Å². The van der Waals surface area contributed by atoms with Crippen LogP contribution in [-0.2, 0) is 17.2 Å². The fourth-order valence-corrected chi connectivity index (χ4v) is 3.50. The third-order valence-electron chi connectivity index (χ3n) is 4.37. The highest BCUT2D eigenvalue weighted by molar-refractivity contribution is 7.98. The first-order chi connectivity index (χ1) is 16.6. The highest BCUT2D eigenvalue weighted by Crippen LogP contribution is 2.20. The van der Waals surface area contributed by atoms with Crippen molar-refractivity contribution < 1.29 is 23.4 Å². The maximum absolute atomic E-state index is 11.5. The Morgan fingerprint density at radius 1 is 1.15 bits per heavy atom. The van der Waals surface area contributed by atoms with Gasteiger partial charge in [0.05, 0.1) is 25.8 Å². The van der Waals surface area contributed by atoms with E-state index in [1.165, 1.54) is 29.9 Å². The van der Waals surface area contributed by atoms with Crippen LogP contribution in [0.25, 0.3) is 0 Å². The molecule has 0 saturated heterocycles. The van der Waals surface area contributed by atoms with Crippen molar-refractivity contribution in [2.24, 2.45) is 5.10 Å². The van der Waals surface area contributed by atoms with Gasteiger partial charge in [0.1, 0.15) is 36.0 Å². The Morgan fingerprint density at radius 3 is 2.71 bits per heavy atom. The van der Waals surface area contributed by atoms with Gasteiger partial charge < -0.3 is 18.6 Å². The average Bonchev–Trinajstić information content (AvgIpc) is 3.62. The number of thioether (sulfide) groups is 1. The predicted octanol–water partition coefficient (Wildman–Crippen LogP) is 3.46. The highest BCUT2D eigenvalue weighted by Gasteiger charge is 2.10. The van der Waals surface area contributed by atoms with E-state index in [0.717, 1.165) is 11.5 Å². The van der Waals surface area contributed by atoms with Crippen molar-refractivity contribution in [2.45, 2.75) is 24.6 Å². The van der Waals surface area contributed by atoms with Crippen molar-refractivity contribution in [3.8, 4) is 11.5 Å². The summed E-state index contributed by atoms with van der Waals surface area (Å²) in [5, 5.41) is 17.0. The zero-order valence-electron chi connectivity index (χ0n) is 18.5. The molecule has 34 heavy (non-hydrogen) atoms. The number of nitrogens with zero attached hydrogens (tertiary/aromatic N) is 6. The molecule has 0 bridgehead atoms. The number of methoxy groups -OCH3 is 1. The van der Waals surface area contributed by atoms with Gasteiger partial charge in [0.25, 0.3) is 0 Å². The molecule has 4 rings (SSSR count). The Labute approximate surface area is 199 Å². The molecule has 0 N–H and O–H groups in total. The highest BCUT2D eigenvalue weighted by atomic mass is 32.2. The van der Waals surface area contributed by atoms with E-state index in [0.29, 0.717) is 29.2 Å². The molecule has 0 saturated carbocycles. The van der Waals surface area contributed by atoms with Crippen molar-refractivity contribution in [3.05, 3.63) is 72.2 Å². The van der Waals surface area contributed by atoms with Crippen LogP contribution in [0.4, 0.5) is 0 Å². The molecular formula is C22H22N6O5S. The summed E-state index contributed by atoms with van der Waals surface area (Å²) >= 11 is 1.35. The van der Waals surface area contributed by atoms with Crippen LogP contribution < -0.4 is 9.47 Å². The fourth-order valence-electron chi connectivity index (χ4n) is 2.78. The molecule has 176 valence electrons. The van der Waals surface area contributed by atoms with E-state index in [-0.39, 0.29) is 12.3 Å². The molecule has 0 unspecified atom stereocenters. The first-order valence-electron chi connectivity index (χ1n) is 10.3. The monoisotopic (exact) mass is 482 g/mol. The Kier molecular flexibility index (Phi) is 7.60. The topological polar surface area (TPSA) is 119 Å². The lowest BCUT2D eigenvalue weighted by atomic mass is 10.3. The number of carbonyl (C=O) groups is 1. The van der Waals surface area contributed by atoms with Crippen LogP contribution in [-0.4, -0.2) is 50.6 Å². The lowest BCUT2D eigenvalue weighted by molar-refractivity contribution is 0.0593. The lowest BCUT2D eigenvalue weighted by Crippen LogP contribution is -2.04. The molecule has 0 radical (unpaired) electrons. The number of aromatic nitrogens is 5. The maximum Gasteiger partial charge on any atom is 0.358 e. The van der Waals surface area contributed by atoms with Crippen molar-refractivity contribution in [3.63, 3.8) is 0 Å². The summed E-state index contributed by atoms with van der Waals surface area (Å²) in [4.78, 5) is 11.5. The summed E-state index contributed by atoms with van der Waals surface area (Å²) in [7, 11) is 1.31. The fraction of sp³-hybridized carbons (Fsp3) is 0.227. The molecule has 0 spiro atoms. The van der Waals surface area contributed by atoms with Gasteiger partial charge in [-0.05, 0) is 49.4 Å². The van der Waals surface area contributed by atoms with E-state index in [9.17, 15) is 4.79 Å². The Hall–Kier alpha value is -4.06. The minimum atomic E-state index is -0.487. The summed E-state index contributed by atoms with van der Waals surface area (Å²) in [6.45, 7) is 2.84. The quantitative estimate of drug-likeness (QED) is 0.180. The van der Waals surface area contributed by atoms with Crippen LogP contribution in [0.5, 0.6) is 11.5 Å². The van der Waals surface area contributed by atoms with Crippen LogP contribution in [0.15, 0.2) is 69.7 Å². The number of hydrogen-bond donors (Lipinski definition) is 0. The minimum Gasteiger partial charge on any atom is -0.494 e. The number of benzene rings is 1. The minimum absolute atomic E-state index is 0.239. The number of esters is 1. The van der Waals surface area contributed by atoms with Gasteiger partial charge in [0, 0.05) is 6.20 Å². The number of ether oxygens (including phenoxy) is 3. The summed E-state index contributed by atoms with van der Waals surface area (Å²) in [5.74, 6) is 2.67. The molecule has 3 aromatic heterocycles. The van der Waals surface area contributed by atoms with Gasteiger partial charge in [-0.15, -0.1) is 10.2 Å². The molecule has 12 heteroatoms. The molecule has 0 aliphatic heterocycles. The molecule has 11 nitrogen and oxygen atoms in total. The molecule has 3 heterocycles. The second-order valence-corrected chi connectivity index (χ2v) is 7.62. The molecule has 0 aliphatic carbocycles. The van der Waals surface area contributed by atoms with Crippen LogP contribution in [0.1, 0.15) is 28.9 Å². The lowest BCUT2D eigenvalue weighted by Gasteiger charge is -2.06. The van der Waals surface area contributed by atoms with Crippen LogP contribution >= 0.6 is 11.8 Å². The van der Waals surface area contributed by atoms with E-state index in [2.05, 4.69) is 25.1 Å². The zero-order valence-corrected chi connectivity index (χ0v) is 19.3. The van der Waals surface area contributed by atoms with Crippen molar-refractivity contribution in [2.75, 3.05) is 13.7 Å². The molecule has 0 fully saturated rings. The van der Waals surface area contributed by atoms with E-state index < -0.39 is 5.97 Å². The number of hydrogen-bond acceptors (Lipinski definition) is 10. The first kappa shape index (κ1) is 23.1. The first-order valence-corrected chi connectivity index (χ1v) is 11.3. The third-order valence-corrected chi connectivity index (χ3v) is 5.29. The Balaban J connectivity index is 1.30. The van der Waals surface area contributed by atoms with E-state index in [1.54, 1.807) is 29.2 Å². The van der Waals surface area contributed by atoms with Gasteiger partial charge >= 0.3 is 5.97 Å². The molecule has 0 amide bonds. The largest absolute Gasteiger partial charge is 0.494 e. The molecular weight excluding hydrogens is 460 g/mol. The smallest absolute Gasteiger partial charge is 0.358 e. The van der Waals surface area contributed by atoms with Gasteiger partial charge in [-0.25, -0.2) is 4.79 Å². The average molecular weight is 483 g/mol. The van der Waals surface area contributed by atoms with Gasteiger partial charge in [0.15, 0.2) is 5.69 Å². The molecule has 0 atom stereocenters. The second kappa shape index (κ2) is 11.2. The van der Waals surface area contributed by atoms with Crippen LogP contribution in [0.3, 0.4) is 0 Å². The molecule has 1 aromatic carbocycles. The molecule has 4 aromatic rings. The van der Waals surface area contributed by atoms with Crippen molar-refractivity contribution in [1.82, 2.24) is 24.7 Å². The van der Waals surface area contributed by atoms with Crippen molar-refractivity contribution in [1.29, 1.82) is 0 Å². The normalized spacial score (nSPS) is 11.1. The Bertz CT molecular complexity index is 1250. The number of rotatable bonds is 11. The summed E-state index contributed by atoms with van der Waals surface area (Å²) in [6.07, 6.45) is 4.74. The van der Waals surface area contributed by atoms with Crippen LogP contribution in [0, 0.1) is 0 Å². The van der Waals surface area contributed by atoms with E-state index >= 15 is 0 Å². The van der Waals surface area contributed by atoms with Gasteiger partial charge in [-0.3, -0.25) is 4.68 Å². The van der Waals surface area contributed by atoms with Gasteiger partial charge in [-0.2, -0.15) is 14.9 Å². The predicted molar refractivity (Wildman–Crippen MR) is 123 cm³/mol. The summed E-state index contributed by atoms with van der Waals surface area (Å²) in [5.41, 5.74) is 0.239. The SMILES string of the molecule is CCOc1ccc(OCc2ccc(C=Nn3cnnc3SCn3ccc(C(=O)OC)n3)o2)cc1. The second-order valence-electron chi connectivity index (χ2n) is 6.71. The standard InChI is InChI=1S/C22H22N6O5S/c1-3-31-16-4-6-17(7-5-16)32-13-19-9-8-18(33-19)12-24-28-14-23-25-22(28)34-15-27-11-10-20(26-27)21(29)30-2/h4-12,14H,3,13,15H2,1-2H3. The Morgan fingerprint density at radius 2 is 1.94 bits per heavy atom. The van der Waals surface area contributed by atoms with E-state index in [1.807, 2.05) is 37.3 Å².